The maximum absolute atomic E-state index is 11.9. The Kier molecular flexibility index (Phi) is 7.06. The summed E-state index contributed by atoms with van der Waals surface area (Å²) in [7, 11) is 0. The first-order valence-electron chi connectivity index (χ1n) is 6.25. The Morgan fingerprint density at radius 3 is 2.32 bits per heavy atom. The predicted octanol–water partition coefficient (Wildman–Crippen LogP) is 0.328. The van der Waals surface area contributed by atoms with Crippen LogP contribution in [-0.4, -0.2) is 39.6 Å². The number of carbonyl (C=O) groups is 3. The summed E-state index contributed by atoms with van der Waals surface area (Å²) in [6.45, 7) is 3.42. The molecule has 2 atom stereocenters. The molecule has 0 aromatic heterocycles. The van der Waals surface area contributed by atoms with E-state index in [1.807, 2.05) is 6.92 Å². The second-order valence-electron chi connectivity index (χ2n) is 4.82. The third kappa shape index (κ3) is 6.76. The van der Waals surface area contributed by atoms with Gasteiger partial charge in [0.2, 0.25) is 5.91 Å². The molecular formula is C12H22N2O5. The van der Waals surface area contributed by atoms with E-state index in [-0.39, 0.29) is 19.3 Å². The number of hydrogen-bond acceptors (Lipinski definition) is 4. The summed E-state index contributed by atoms with van der Waals surface area (Å²) in [6, 6.07) is -1.11. The van der Waals surface area contributed by atoms with Gasteiger partial charge in [0.05, 0.1) is 5.54 Å². The summed E-state index contributed by atoms with van der Waals surface area (Å²) < 4.78 is 0. The number of nitrogens with one attached hydrogen (secondary N) is 1. The van der Waals surface area contributed by atoms with Crippen LogP contribution in [-0.2, 0) is 14.4 Å². The monoisotopic (exact) mass is 274 g/mol. The molecule has 0 bridgehead atoms. The molecule has 0 radical (unpaired) electrons. The molecule has 0 aliphatic heterocycles. The fourth-order valence-corrected chi connectivity index (χ4v) is 1.67. The van der Waals surface area contributed by atoms with Crippen molar-refractivity contribution >= 4 is 17.8 Å². The predicted molar refractivity (Wildman–Crippen MR) is 68.6 cm³/mol. The maximum atomic E-state index is 11.9. The molecule has 5 N–H and O–H groups in total. The lowest BCUT2D eigenvalue weighted by atomic mass is 9.95. The van der Waals surface area contributed by atoms with E-state index in [1.165, 1.54) is 0 Å². The van der Waals surface area contributed by atoms with Crippen LogP contribution in [0.1, 0.15) is 46.0 Å². The van der Waals surface area contributed by atoms with E-state index in [0.717, 1.165) is 0 Å². The Morgan fingerprint density at radius 2 is 1.89 bits per heavy atom. The van der Waals surface area contributed by atoms with Crippen LogP contribution >= 0.6 is 0 Å². The van der Waals surface area contributed by atoms with Crippen molar-refractivity contribution in [2.24, 2.45) is 5.73 Å². The minimum absolute atomic E-state index is 0.0651. The van der Waals surface area contributed by atoms with Gasteiger partial charge in [-0.15, -0.1) is 0 Å². The summed E-state index contributed by atoms with van der Waals surface area (Å²) in [5.41, 5.74) is 4.68. The Hall–Kier alpha value is -1.63. The first-order chi connectivity index (χ1) is 8.70. The van der Waals surface area contributed by atoms with Crippen LogP contribution in [0.2, 0.25) is 0 Å². The van der Waals surface area contributed by atoms with Crippen LogP contribution in [0.3, 0.4) is 0 Å². The smallest absolute Gasteiger partial charge is 0.326 e. The highest BCUT2D eigenvalue weighted by atomic mass is 16.4. The van der Waals surface area contributed by atoms with E-state index in [4.69, 9.17) is 15.9 Å². The highest BCUT2D eigenvalue weighted by Gasteiger charge is 2.30. The van der Waals surface area contributed by atoms with E-state index in [9.17, 15) is 14.4 Å². The summed E-state index contributed by atoms with van der Waals surface area (Å²) in [6.07, 6.45) is 1.27. The number of hydrogen-bond donors (Lipinski definition) is 4. The van der Waals surface area contributed by atoms with Gasteiger partial charge < -0.3 is 21.3 Å². The molecule has 110 valence electrons. The van der Waals surface area contributed by atoms with Crippen LogP contribution in [0.5, 0.6) is 0 Å². The molecule has 7 heteroatoms. The lowest BCUT2D eigenvalue weighted by molar-refractivity contribution is -0.143. The number of nitrogens with two attached hydrogens (primary N) is 1. The zero-order chi connectivity index (χ0) is 15.1. The molecule has 0 rings (SSSR count). The van der Waals surface area contributed by atoms with Crippen molar-refractivity contribution in [1.29, 1.82) is 0 Å². The molecule has 19 heavy (non-hydrogen) atoms. The average Bonchev–Trinajstić information content (AvgIpc) is 2.26. The molecule has 0 heterocycles. The van der Waals surface area contributed by atoms with Gasteiger partial charge in [-0.3, -0.25) is 9.59 Å². The van der Waals surface area contributed by atoms with E-state index in [0.29, 0.717) is 12.8 Å². The highest BCUT2D eigenvalue weighted by Crippen LogP contribution is 2.10. The molecule has 0 aromatic carbocycles. The fraction of sp³-hybridized carbons (Fsp3) is 0.750. The summed E-state index contributed by atoms with van der Waals surface area (Å²) in [4.78, 5) is 33.2. The highest BCUT2D eigenvalue weighted by molar-refractivity contribution is 5.89. The number of aliphatic carboxylic acids is 2. The molecule has 0 aromatic rings. The van der Waals surface area contributed by atoms with E-state index in [1.54, 1.807) is 6.92 Å². The van der Waals surface area contributed by atoms with Gasteiger partial charge >= 0.3 is 11.9 Å². The Morgan fingerprint density at radius 1 is 1.32 bits per heavy atom. The normalized spacial score (nSPS) is 15.3. The minimum atomic E-state index is -1.19. The summed E-state index contributed by atoms with van der Waals surface area (Å²) >= 11 is 0. The molecule has 1 amide bonds. The lowest BCUT2D eigenvalue weighted by Crippen LogP contribution is -2.55. The van der Waals surface area contributed by atoms with Crippen molar-refractivity contribution in [3.63, 3.8) is 0 Å². The van der Waals surface area contributed by atoms with Gasteiger partial charge in [-0.25, -0.2) is 4.79 Å². The Balaban J connectivity index is 4.46. The summed E-state index contributed by atoms with van der Waals surface area (Å²) in [5.74, 6) is -2.71. The third-order valence-corrected chi connectivity index (χ3v) is 2.77. The number of amides is 1. The Bertz CT molecular complexity index is 341. The number of rotatable bonds is 9. The van der Waals surface area contributed by atoms with Gasteiger partial charge in [0.1, 0.15) is 6.04 Å². The Labute approximate surface area is 112 Å². The standard InChI is InChI=1S/C12H22N2O5/c1-3-7-12(2,13)11(19)14-8(10(17)18)5-4-6-9(15)16/h8H,3-7,13H2,1-2H3,(H,14,19)(H,15,16)(H,17,18)/t8-,12?/m1/s1. The number of carboxylic acid groups (broad SMARTS) is 2. The van der Waals surface area contributed by atoms with Crippen molar-refractivity contribution in [2.45, 2.75) is 57.5 Å². The largest absolute Gasteiger partial charge is 0.481 e. The van der Waals surface area contributed by atoms with Crippen molar-refractivity contribution in [3.05, 3.63) is 0 Å². The second kappa shape index (κ2) is 7.73. The van der Waals surface area contributed by atoms with Crippen LogP contribution in [0.25, 0.3) is 0 Å². The molecule has 0 aliphatic rings. The quantitative estimate of drug-likeness (QED) is 0.479. The third-order valence-electron chi connectivity index (χ3n) is 2.77. The molecule has 0 aliphatic carbocycles. The van der Waals surface area contributed by atoms with Crippen LogP contribution in [0, 0.1) is 0 Å². The molecule has 7 nitrogen and oxygen atoms in total. The van der Waals surface area contributed by atoms with Gasteiger partial charge in [-0.1, -0.05) is 13.3 Å². The summed E-state index contributed by atoms with van der Waals surface area (Å²) in [5, 5.41) is 19.8. The first kappa shape index (κ1) is 17.4. The molecule has 0 spiro atoms. The van der Waals surface area contributed by atoms with E-state index >= 15 is 0 Å². The molecular weight excluding hydrogens is 252 g/mol. The SMILES string of the molecule is CCCC(C)(N)C(=O)N[C@H](CCCC(=O)O)C(=O)O. The van der Waals surface area contributed by atoms with Crippen molar-refractivity contribution in [3.8, 4) is 0 Å². The van der Waals surface area contributed by atoms with Gasteiger partial charge in [0, 0.05) is 6.42 Å². The fourth-order valence-electron chi connectivity index (χ4n) is 1.67. The molecule has 0 saturated heterocycles. The average molecular weight is 274 g/mol. The zero-order valence-corrected chi connectivity index (χ0v) is 11.3. The van der Waals surface area contributed by atoms with Crippen LogP contribution in [0.15, 0.2) is 0 Å². The van der Waals surface area contributed by atoms with Gasteiger partial charge in [0.25, 0.3) is 0 Å². The van der Waals surface area contributed by atoms with Crippen LogP contribution in [0.4, 0.5) is 0 Å². The number of carbonyl (C=O) groups excluding carboxylic acids is 1. The van der Waals surface area contributed by atoms with E-state index in [2.05, 4.69) is 5.32 Å². The molecule has 0 fully saturated rings. The molecule has 1 unspecified atom stereocenters. The maximum Gasteiger partial charge on any atom is 0.326 e. The topological polar surface area (TPSA) is 130 Å². The first-order valence-corrected chi connectivity index (χ1v) is 6.25. The second-order valence-corrected chi connectivity index (χ2v) is 4.82. The van der Waals surface area contributed by atoms with Gasteiger partial charge in [-0.2, -0.15) is 0 Å². The molecule has 0 saturated carbocycles. The minimum Gasteiger partial charge on any atom is -0.481 e. The van der Waals surface area contributed by atoms with E-state index < -0.39 is 29.4 Å². The zero-order valence-electron chi connectivity index (χ0n) is 11.3. The van der Waals surface area contributed by atoms with Crippen LogP contribution < -0.4 is 11.1 Å². The van der Waals surface area contributed by atoms with Crippen molar-refractivity contribution in [1.82, 2.24) is 5.32 Å². The number of carboxylic acids is 2. The van der Waals surface area contributed by atoms with Crippen molar-refractivity contribution in [2.75, 3.05) is 0 Å². The van der Waals surface area contributed by atoms with Gasteiger partial charge in [0.15, 0.2) is 0 Å². The van der Waals surface area contributed by atoms with Gasteiger partial charge in [-0.05, 0) is 26.2 Å². The van der Waals surface area contributed by atoms with Crippen molar-refractivity contribution < 1.29 is 24.6 Å². The lowest BCUT2D eigenvalue weighted by Gasteiger charge is -2.25.